The zero-order chi connectivity index (χ0) is 5.15. The molecule has 0 aliphatic carbocycles. The second-order valence-electron chi connectivity index (χ2n) is 0.844. The summed E-state index contributed by atoms with van der Waals surface area (Å²) in [6, 6.07) is 0. The molecule has 0 saturated heterocycles. The summed E-state index contributed by atoms with van der Waals surface area (Å²) >= 11 is 0. The van der Waals surface area contributed by atoms with Crippen LogP contribution in [0.15, 0.2) is 0 Å². The van der Waals surface area contributed by atoms with Crippen molar-refractivity contribution in [3.8, 4) is 0 Å². The molecular weight excluding hydrogens is 91.0 g/mol. The fraction of sp³-hybridized carbons (Fsp3) is 0.333. The Kier molecular flexibility index (Phi) is 5.52. The van der Waals surface area contributed by atoms with Crippen molar-refractivity contribution in [3.05, 3.63) is 0 Å². The minimum Gasteiger partial charge on any atom is -0.542 e. The third-order valence-electron chi connectivity index (χ3n) is 0.287. The number of Topliss-reactive ketones (excluding diaryl/α,β-unsaturated/α-hetero) is 1. The summed E-state index contributed by atoms with van der Waals surface area (Å²) in [4.78, 5) is 18.7. The van der Waals surface area contributed by atoms with E-state index in [0.717, 1.165) is 6.92 Å². The van der Waals surface area contributed by atoms with Gasteiger partial charge in [-0.3, -0.25) is 4.79 Å². The maximum absolute atomic E-state index is 9.48. The van der Waals surface area contributed by atoms with Crippen molar-refractivity contribution in [1.82, 2.24) is 0 Å². The Hall–Kier alpha value is -0.263. The number of hydrogen-bond donors (Lipinski definition) is 0. The Labute approximate surface area is 52.9 Å². The number of hydrogen-bond acceptors (Lipinski definition) is 3. The van der Waals surface area contributed by atoms with Crippen molar-refractivity contribution in [2.45, 2.75) is 6.92 Å². The summed E-state index contributed by atoms with van der Waals surface area (Å²) < 4.78 is 0. The third kappa shape index (κ3) is 5.74. The van der Waals surface area contributed by atoms with E-state index in [2.05, 4.69) is 0 Å². The van der Waals surface area contributed by atoms with E-state index >= 15 is 0 Å². The van der Waals surface area contributed by atoms with E-state index in [1.807, 2.05) is 0 Å². The van der Waals surface area contributed by atoms with Crippen LogP contribution in [0.5, 0.6) is 0 Å². The van der Waals surface area contributed by atoms with Crippen LogP contribution in [-0.2, 0) is 9.59 Å². The number of carbonyl (C=O) groups is 2. The van der Waals surface area contributed by atoms with Gasteiger partial charge in [-0.05, 0) is 0 Å². The largest absolute Gasteiger partial charge is 1.00 e. The normalized spacial score (nSPS) is 6.43. The van der Waals surface area contributed by atoms with Crippen molar-refractivity contribution in [2.75, 3.05) is 0 Å². The Morgan fingerprint density at radius 2 is 1.57 bits per heavy atom. The van der Waals surface area contributed by atoms with Crippen molar-refractivity contribution in [1.29, 1.82) is 0 Å². The average molecular weight is 94.0 g/mol. The molecule has 34 valence electrons. The Balaban J connectivity index is 0. The Bertz CT molecular complexity index is 76.2. The van der Waals surface area contributed by atoms with Crippen LogP contribution in [0.25, 0.3) is 0 Å². The number of carboxylic acid groups (broad SMARTS) is 1. The summed E-state index contributed by atoms with van der Waals surface area (Å²) in [5.74, 6) is -2.56. The van der Waals surface area contributed by atoms with Gasteiger partial charge in [0.1, 0.15) is 5.97 Å². The number of rotatable bonds is 1. The molecule has 0 aromatic carbocycles. The molecule has 7 heavy (non-hydrogen) atoms. The summed E-state index contributed by atoms with van der Waals surface area (Å²) in [5.41, 5.74) is 0. The van der Waals surface area contributed by atoms with E-state index in [0.29, 0.717) is 0 Å². The quantitative estimate of drug-likeness (QED) is 0.242. The average Bonchev–Trinajstić information content (AvgIpc) is 1.36. The summed E-state index contributed by atoms with van der Waals surface area (Å²) in [6.45, 7) is 0.940. The Morgan fingerprint density at radius 3 is 1.57 bits per heavy atom. The van der Waals surface area contributed by atoms with Crippen LogP contribution < -0.4 is 24.0 Å². The molecule has 0 aliphatic rings. The molecule has 0 fully saturated rings. The number of aliphatic carboxylic acids is 1. The Morgan fingerprint density at radius 1 is 1.43 bits per heavy atom. The van der Waals surface area contributed by atoms with Gasteiger partial charge < -0.3 is 9.90 Å². The van der Waals surface area contributed by atoms with E-state index in [-0.39, 0.29) is 18.9 Å². The first-order chi connectivity index (χ1) is 2.64. The molecule has 0 aromatic rings. The molecule has 0 radical (unpaired) electrons. The summed E-state index contributed by atoms with van der Waals surface area (Å²) in [6.07, 6.45) is 0. The minimum atomic E-state index is -1.63. The first-order valence-corrected chi connectivity index (χ1v) is 1.36. The molecule has 0 spiro atoms. The van der Waals surface area contributed by atoms with Crippen molar-refractivity contribution in [2.24, 2.45) is 0 Å². The van der Waals surface area contributed by atoms with Gasteiger partial charge in [-0.15, -0.1) is 0 Å². The van der Waals surface area contributed by atoms with Crippen molar-refractivity contribution < 1.29 is 33.6 Å². The fourth-order valence-electron chi connectivity index (χ4n) is 0. The fourth-order valence-corrected chi connectivity index (χ4v) is 0. The number of carboxylic acids is 1. The second kappa shape index (κ2) is 3.91. The standard InChI is InChI=1S/C3H4O3.Li/c1-2(4)3(5)6;/h1H3,(H,5,6);/q;+1/p-1. The third-order valence-corrected chi connectivity index (χ3v) is 0.287. The maximum atomic E-state index is 9.48. The molecular formula is C3H3LiO3. The molecule has 0 aromatic heterocycles. The maximum Gasteiger partial charge on any atom is 1.00 e. The molecule has 0 aliphatic heterocycles. The van der Waals surface area contributed by atoms with Gasteiger partial charge >= 0.3 is 18.9 Å². The number of ketones is 1. The van der Waals surface area contributed by atoms with Crippen LogP contribution in [0.1, 0.15) is 6.92 Å². The van der Waals surface area contributed by atoms with E-state index in [1.54, 1.807) is 0 Å². The van der Waals surface area contributed by atoms with Crippen LogP contribution in [-0.4, -0.2) is 11.8 Å². The predicted octanol–water partition coefficient (Wildman–Crippen LogP) is -4.67. The molecule has 0 saturated carbocycles. The monoisotopic (exact) mass is 94.0 g/mol. The smallest absolute Gasteiger partial charge is 0.542 e. The van der Waals surface area contributed by atoms with Crippen LogP contribution in [0.4, 0.5) is 0 Å². The molecule has 3 nitrogen and oxygen atoms in total. The van der Waals surface area contributed by atoms with Crippen molar-refractivity contribution >= 4 is 11.8 Å². The van der Waals surface area contributed by atoms with Crippen LogP contribution in [0, 0.1) is 0 Å². The van der Waals surface area contributed by atoms with E-state index < -0.39 is 11.8 Å². The molecule has 4 heteroatoms. The van der Waals surface area contributed by atoms with E-state index in [4.69, 9.17) is 0 Å². The van der Waals surface area contributed by atoms with Gasteiger partial charge in [-0.2, -0.15) is 0 Å². The minimum absolute atomic E-state index is 0. The SMILES string of the molecule is CC(=O)C(=O)[O-].[Li+]. The van der Waals surface area contributed by atoms with Gasteiger partial charge in [0.05, 0.1) is 0 Å². The van der Waals surface area contributed by atoms with Gasteiger partial charge in [0, 0.05) is 6.92 Å². The molecule has 0 bridgehead atoms. The number of carbonyl (C=O) groups excluding carboxylic acids is 2. The van der Waals surface area contributed by atoms with E-state index in [1.165, 1.54) is 0 Å². The van der Waals surface area contributed by atoms with Gasteiger partial charge in [-0.25, -0.2) is 0 Å². The topological polar surface area (TPSA) is 57.2 Å². The summed E-state index contributed by atoms with van der Waals surface area (Å²) in [7, 11) is 0. The molecule has 0 amide bonds. The van der Waals surface area contributed by atoms with Gasteiger partial charge in [-0.1, -0.05) is 0 Å². The zero-order valence-corrected chi connectivity index (χ0v) is 4.22. The van der Waals surface area contributed by atoms with Crippen molar-refractivity contribution in [3.63, 3.8) is 0 Å². The first-order valence-electron chi connectivity index (χ1n) is 1.36. The molecule has 0 N–H and O–H groups in total. The van der Waals surface area contributed by atoms with Crippen LogP contribution >= 0.6 is 0 Å². The predicted molar refractivity (Wildman–Crippen MR) is 15.7 cm³/mol. The van der Waals surface area contributed by atoms with Crippen LogP contribution in [0.3, 0.4) is 0 Å². The molecule has 0 atom stereocenters. The first kappa shape index (κ1) is 9.88. The molecule has 0 unspecified atom stereocenters. The van der Waals surface area contributed by atoms with Crippen LogP contribution in [0.2, 0.25) is 0 Å². The van der Waals surface area contributed by atoms with E-state index in [9.17, 15) is 14.7 Å². The van der Waals surface area contributed by atoms with Gasteiger partial charge in [0.15, 0.2) is 5.78 Å². The second-order valence-corrected chi connectivity index (χ2v) is 0.844. The molecule has 0 rings (SSSR count). The van der Waals surface area contributed by atoms with Gasteiger partial charge in [0.25, 0.3) is 0 Å². The molecule has 0 heterocycles. The zero-order valence-electron chi connectivity index (χ0n) is 4.22. The summed E-state index contributed by atoms with van der Waals surface area (Å²) in [5, 5.41) is 9.24. The van der Waals surface area contributed by atoms with Gasteiger partial charge in [0.2, 0.25) is 0 Å².